The third-order valence-electron chi connectivity index (χ3n) is 6.34. The van der Waals surface area contributed by atoms with Crippen molar-refractivity contribution in [2.75, 3.05) is 18.4 Å². The maximum Gasteiger partial charge on any atom is 0.254 e. The Kier molecular flexibility index (Phi) is 5.38. The van der Waals surface area contributed by atoms with Crippen LogP contribution in [-0.2, 0) is 14.3 Å². The molecule has 0 radical (unpaired) electrons. The number of amides is 2. The quantitative estimate of drug-likeness (QED) is 0.880. The lowest BCUT2D eigenvalue weighted by Crippen LogP contribution is -2.48. The second-order valence-electron chi connectivity index (χ2n) is 8.27. The topological polar surface area (TPSA) is 84.4 Å². The third-order valence-corrected chi connectivity index (χ3v) is 6.34. The van der Waals surface area contributed by atoms with Gasteiger partial charge in [0, 0.05) is 31.4 Å². The van der Waals surface area contributed by atoms with Gasteiger partial charge in [-0.1, -0.05) is 6.92 Å². The summed E-state index contributed by atoms with van der Waals surface area (Å²) in [7, 11) is 0. The van der Waals surface area contributed by atoms with Gasteiger partial charge in [-0.25, -0.2) is 4.98 Å². The Morgan fingerprint density at radius 2 is 2.00 bits per heavy atom. The Bertz CT molecular complexity index is 675. The first-order valence-electron chi connectivity index (χ1n) is 10.1. The molecule has 2 saturated heterocycles. The summed E-state index contributed by atoms with van der Waals surface area (Å²) in [5, 5.41) is 2.77. The van der Waals surface area contributed by atoms with Gasteiger partial charge in [0.25, 0.3) is 5.91 Å². The fourth-order valence-corrected chi connectivity index (χ4v) is 4.64. The fraction of sp³-hybridized carbons (Fsp3) is 0.700. The summed E-state index contributed by atoms with van der Waals surface area (Å²) in [4.78, 5) is 35.3. The van der Waals surface area contributed by atoms with Crippen LogP contribution in [0.2, 0.25) is 0 Å². The molecule has 4 rings (SSSR count). The maximum absolute atomic E-state index is 12.9. The summed E-state index contributed by atoms with van der Waals surface area (Å²) in [6.45, 7) is 3.67. The first-order valence-corrected chi connectivity index (χ1v) is 10.1. The van der Waals surface area contributed by atoms with Crippen LogP contribution in [0, 0.1) is 17.8 Å². The summed E-state index contributed by atoms with van der Waals surface area (Å²) in [5.74, 6) is 1.81. The standard InChI is InChI=1S/C20H28N4O3/c1-13-2-4-14(5-3-13)20(26)24-9-6-15-10-16(27-17(15)12-24)19(25)23-18-11-21-7-8-22-18/h7-8,11,13-17H,2-6,9-10,12H2,1H3,(H,22,23,25)/t13?,14?,15-,16-,17+/m0/s1. The lowest BCUT2D eigenvalue weighted by Gasteiger charge is -2.37. The molecule has 0 aromatic carbocycles. The molecule has 27 heavy (non-hydrogen) atoms. The van der Waals surface area contributed by atoms with Crippen LogP contribution in [0.15, 0.2) is 18.6 Å². The molecule has 146 valence electrons. The van der Waals surface area contributed by atoms with Gasteiger partial charge in [0.05, 0.1) is 12.3 Å². The number of nitrogens with zero attached hydrogens (tertiary/aromatic N) is 3. The molecule has 3 aliphatic rings. The summed E-state index contributed by atoms with van der Waals surface area (Å²) in [6, 6.07) is 0. The van der Waals surface area contributed by atoms with E-state index in [1.807, 2.05) is 4.90 Å². The molecule has 1 aromatic rings. The van der Waals surface area contributed by atoms with Crippen LogP contribution >= 0.6 is 0 Å². The smallest absolute Gasteiger partial charge is 0.254 e. The lowest BCUT2D eigenvalue weighted by atomic mass is 9.81. The molecular weight excluding hydrogens is 344 g/mol. The third kappa shape index (κ3) is 4.13. The molecular formula is C20H28N4O3. The van der Waals surface area contributed by atoms with E-state index in [0.717, 1.165) is 44.6 Å². The number of hydrogen-bond donors (Lipinski definition) is 1. The zero-order chi connectivity index (χ0) is 18.8. The molecule has 1 aromatic heterocycles. The van der Waals surface area contributed by atoms with Crippen LogP contribution in [0.4, 0.5) is 5.82 Å². The van der Waals surface area contributed by atoms with Gasteiger partial charge in [0.2, 0.25) is 5.91 Å². The Hall–Kier alpha value is -2.02. The fourth-order valence-electron chi connectivity index (χ4n) is 4.64. The van der Waals surface area contributed by atoms with Gasteiger partial charge in [-0.3, -0.25) is 14.6 Å². The van der Waals surface area contributed by atoms with Crippen molar-refractivity contribution in [2.24, 2.45) is 17.8 Å². The van der Waals surface area contributed by atoms with Gasteiger partial charge < -0.3 is 15.0 Å². The number of likely N-dealkylation sites (tertiary alicyclic amines) is 1. The average Bonchev–Trinajstić information content (AvgIpc) is 3.12. The van der Waals surface area contributed by atoms with Gasteiger partial charge in [0.1, 0.15) is 6.10 Å². The number of piperidine rings is 1. The van der Waals surface area contributed by atoms with E-state index in [0.29, 0.717) is 24.7 Å². The second kappa shape index (κ2) is 7.92. The van der Waals surface area contributed by atoms with Gasteiger partial charge >= 0.3 is 0 Å². The predicted molar refractivity (Wildman–Crippen MR) is 99.7 cm³/mol. The van der Waals surface area contributed by atoms with E-state index < -0.39 is 6.10 Å². The van der Waals surface area contributed by atoms with Crippen LogP contribution in [-0.4, -0.2) is 52.0 Å². The zero-order valence-electron chi connectivity index (χ0n) is 15.8. The number of hydrogen-bond acceptors (Lipinski definition) is 5. The van der Waals surface area contributed by atoms with E-state index in [1.54, 1.807) is 12.4 Å². The SMILES string of the molecule is CC1CCC(C(=O)N2CC[C@H]3C[C@@H](C(=O)Nc4cnccn4)O[C@@H]3C2)CC1. The number of fused-ring (bicyclic) bond motifs is 1. The highest BCUT2D eigenvalue weighted by Crippen LogP contribution is 2.36. The average molecular weight is 372 g/mol. The normalized spacial score (nSPS) is 33.4. The van der Waals surface area contributed by atoms with Crippen LogP contribution in [0.5, 0.6) is 0 Å². The van der Waals surface area contributed by atoms with Crippen molar-refractivity contribution in [3.63, 3.8) is 0 Å². The molecule has 1 N–H and O–H groups in total. The van der Waals surface area contributed by atoms with Crippen LogP contribution < -0.4 is 5.32 Å². The number of ether oxygens (including phenoxy) is 1. The Morgan fingerprint density at radius 3 is 2.74 bits per heavy atom. The van der Waals surface area contributed by atoms with Crippen molar-refractivity contribution in [3.05, 3.63) is 18.6 Å². The number of anilines is 1. The van der Waals surface area contributed by atoms with Gasteiger partial charge in [-0.15, -0.1) is 0 Å². The van der Waals surface area contributed by atoms with Crippen LogP contribution in [0.1, 0.15) is 45.4 Å². The number of carbonyl (C=O) groups is 2. The molecule has 0 spiro atoms. The van der Waals surface area contributed by atoms with Crippen molar-refractivity contribution in [1.82, 2.24) is 14.9 Å². The van der Waals surface area contributed by atoms with E-state index in [9.17, 15) is 9.59 Å². The minimum atomic E-state index is -0.479. The minimum Gasteiger partial charge on any atom is -0.363 e. The van der Waals surface area contributed by atoms with Crippen LogP contribution in [0.3, 0.4) is 0 Å². The Morgan fingerprint density at radius 1 is 1.19 bits per heavy atom. The summed E-state index contributed by atoms with van der Waals surface area (Å²) < 4.78 is 6.03. The van der Waals surface area contributed by atoms with Gasteiger partial charge in [-0.2, -0.15) is 0 Å². The Balaban J connectivity index is 1.31. The highest BCUT2D eigenvalue weighted by Gasteiger charge is 2.43. The molecule has 3 atom stereocenters. The van der Waals surface area contributed by atoms with E-state index >= 15 is 0 Å². The summed E-state index contributed by atoms with van der Waals surface area (Å²) in [5.41, 5.74) is 0. The monoisotopic (exact) mass is 372 g/mol. The van der Waals surface area contributed by atoms with E-state index in [-0.39, 0.29) is 23.8 Å². The molecule has 3 fully saturated rings. The number of nitrogens with one attached hydrogen (secondary N) is 1. The van der Waals surface area contributed by atoms with Crippen molar-refractivity contribution in [3.8, 4) is 0 Å². The number of rotatable bonds is 3. The van der Waals surface area contributed by atoms with E-state index in [4.69, 9.17) is 4.74 Å². The molecule has 7 heteroatoms. The highest BCUT2D eigenvalue weighted by atomic mass is 16.5. The zero-order valence-corrected chi connectivity index (χ0v) is 15.8. The number of aromatic nitrogens is 2. The lowest BCUT2D eigenvalue weighted by molar-refractivity contribution is -0.142. The molecule has 1 saturated carbocycles. The molecule has 7 nitrogen and oxygen atoms in total. The second-order valence-corrected chi connectivity index (χ2v) is 8.27. The first-order chi connectivity index (χ1) is 13.1. The first kappa shape index (κ1) is 18.3. The summed E-state index contributed by atoms with van der Waals surface area (Å²) >= 11 is 0. The predicted octanol–water partition coefficient (Wildman–Crippen LogP) is 2.25. The summed E-state index contributed by atoms with van der Waals surface area (Å²) in [6.07, 6.45) is 10.0. The number of carbonyl (C=O) groups excluding carboxylic acids is 2. The largest absolute Gasteiger partial charge is 0.363 e. The Labute approximate surface area is 159 Å². The van der Waals surface area contributed by atoms with Gasteiger partial charge in [-0.05, 0) is 50.4 Å². The molecule has 3 heterocycles. The molecule has 2 amide bonds. The van der Waals surface area contributed by atoms with Crippen molar-refractivity contribution < 1.29 is 14.3 Å². The molecule has 1 aliphatic carbocycles. The molecule has 0 unspecified atom stereocenters. The van der Waals surface area contributed by atoms with Gasteiger partial charge in [0.15, 0.2) is 5.82 Å². The molecule has 0 bridgehead atoms. The maximum atomic E-state index is 12.9. The minimum absolute atomic E-state index is 0.0391. The van der Waals surface area contributed by atoms with E-state index in [2.05, 4.69) is 22.2 Å². The highest BCUT2D eigenvalue weighted by molar-refractivity contribution is 5.93. The van der Waals surface area contributed by atoms with Crippen molar-refractivity contribution >= 4 is 17.6 Å². The van der Waals surface area contributed by atoms with Crippen LogP contribution in [0.25, 0.3) is 0 Å². The van der Waals surface area contributed by atoms with Crippen molar-refractivity contribution in [1.29, 1.82) is 0 Å². The molecule has 2 aliphatic heterocycles. The van der Waals surface area contributed by atoms with Crippen molar-refractivity contribution in [2.45, 2.75) is 57.7 Å². The van der Waals surface area contributed by atoms with E-state index in [1.165, 1.54) is 6.20 Å².